The van der Waals surface area contributed by atoms with E-state index in [1.165, 1.54) is 24.2 Å². The van der Waals surface area contributed by atoms with E-state index >= 15 is 0 Å². The molecule has 0 aromatic carbocycles. The van der Waals surface area contributed by atoms with Crippen LogP contribution in [0.15, 0.2) is 6.07 Å². The van der Waals surface area contributed by atoms with Crippen molar-refractivity contribution in [2.45, 2.75) is 26.3 Å². The standard InChI is InChI=1S/C11H15NO2S/c1-7-9(4-10(15-7)11(13)14)6-12-5-8-2-3-8/h4,8,12H,2-3,5-6H2,1H3,(H,13,14). The number of carboxylic acids is 1. The Labute approximate surface area is 93.1 Å². The summed E-state index contributed by atoms with van der Waals surface area (Å²) in [6, 6.07) is 1.78. The van der Waals surface area contributed by atoms with Crippen LogP contribution in [-0.2, 0) is 6.54 Å². The molecule has 1 aromatic heterocycles. The minimum absolute atomic E-state index is 0.440. The molecule has 4 heteroatoms. The number of nitrogens with one attached hydrogen (secondary N) is 1. The summed E-state index contributed by atoms with van der Waals surface area (Å²) >= 11 is 1.36. The van der Waals surface area contributed by atoms with Crippen molar-refractivity contribution < 1.29 is 9.90 Å². The van der Waals surface area contributed by atoms with Gasteiger partial charge in [0.25, 0.3) is 0 Å². The largest absolute Gasteiger partial charge is 0.477 e. The minimum Gasteiger partial charge on any atom is -0.477 e. The number of aromatic carboxylic acids is 1. The van der Waals surface area contributed by atoms with Crippen LogP contribution in [0, 0.1) is 12.8 Å². The Hall–Kier alpha value is -0.870. The second-order valence-corrected chi connectivity index (χ2v) is 5.33. The molecular weight excluding hydrogens is 210 g/mol. The lowest BCUT2D eigenvalue weighted by Gasteiger charge is -2.01. The number of rotatable bonds is 5. The van der Waals surface area contributed by atoms with Crippen LogP contribution in [-0.4, -0.2) is 17.6 Å². The Bertz CT molecular complexity index is 369. The third kappa shape index (κ3) is 2.79. The topological polar surface area (TPSA) is 49.3 Å². The second-order valence-electron chi connectivity index (χ2n) is 4.07. The molecular formula is C11H15NO2S. The van der Waals surface area contributed by atoms with Gasteiger partial charge in [0.15, 0.2) is 0 Å². The van der Waals surface area contributed by atoms with Crippen LogP contribution >= 0.6 is 11.3 Å². The highest BCUT2D eigenvalue weighted by atomic mass is 32.1. The maximum Gasteiger partial charge on any atom is 0.345 e. The SMILES string of the molecule is Cc1sc(C(=O)O)cc1CNCC1CC1. The molecule has 0 amide bonds. The van der Waals surface area contributed by atoms with Crippen molar-refractivity contribution in [1.82, 2.24) is 5.32 Å². The molecule has 2 N–H and O–H groups in total. The van der Waals surface area contributed by atoms with E-state index in [9.17, 15) is 4.79 Å². The molecule has 1 heterocycles. The van der Waals surface area contributed by atoms with Crippen LogP contribution in [0.25, 0.3) is 0 Å². The van der Waals surface area contributed by atoms with Crippen LogP contribution in [0.2, 0.25) is 0 Å². The van der Waals surface area contributed by atoms with Gasteiger partial charge in [0.2, 0.25) is 0 Å². The molecule has 82 valence electrons. The summed E-state index contributed by atoms with van der Waals surface area (Å²) in [5.74, 6) is 0.0411. The van der Waals surface area contributed by atoms with Gasteiger partial charge < -0.3 is 10.4 Å². The molecule has 1 aromatic rings. The molecule has 2 rings (SSSR count). The molecule has 0 unspecified atom stereocenters. The van der Waals surface area contributed by atoms with Gasteiger partial charge in [-0.2, -0.15) is 0 Å². The van der Waals surface area contributed by atoms with Crippen molar-refractivity contribution >= 4 is 17.3 Å². The molecule has 3 nitrogen and oxygen atoms in total. The normalized spacial score (nSPS) is 15.5. The maximum absolute atomic E-state index is 10.7. The first kappa shape index (κ1) is 10.6. The highest BCUT2D eigenvalue weighted by Crippen LogP contribution is 2.28. The predicted octanol–water partition coefficient (Wildman–Crippen LogP) is 2.25. The molecule has 1 aliphatic carbocycles. The van der Waals surface area contributed by atoms with Crippen molar-refractivity contribution in [2.75, 3.05) is 6.54 Å². The van der Waals surface area contributed by atoms with Crippen molar-refractivity contribution in [1.29, 1.82) is 0 Å². The number of hydrogen-bond acceptors (Lipinski definition) is 3. The average molecular weight is 225 g/mol. The molecule has 0 spiro atoms. The lowest BCUT2D eigenvalue weighted by molar-refractivity contribution is 0.0702. The van der Waals surface area contributed by atoms with Gasteiger partial charge in [-0.15, -0.1) is 11.3 Å². The maximum atomic E-state index is 10.7. The van der Waals surface area contributed by atoms with Crippen LogP contribution in [0.3, 0.4) is 0 Å². The highest BCUT2D eigenvalue weighted by Gasteiger charge is 2.20. The summed E-state index contributed by atoms with van der Waals surface area (Å²) < 4.78 is 0. The van der Waals surface area contributed by atoms with E-state index in [1.54, 1.807) is 6.07 Å². The Balaban J connectivity index is 1.91. The average Bonchev–Trinajstić information content (AvgIpc) is 2.91. The summed E-state index contributed by atoms with van der Waals surface area (Å²) in [7, 11) is 0. The third-order valence-electron chi connectivity index (χ3n) is 2.68. The first-order valence-electron chi connectivity index (χ1n) is 5.20. The zero-order chi connectivity index (χ0) is 10.8. The number of carboxylic acid groups (broad SMARTS) is 1. The second kappa shape index (κ2) is 4.33. The highest BCUT2D eigenvalue weighted by molar-refractivity contribution is 7.14. The predicted molar refractivity (Wildman–Crippen MR) is 60.4 cm³/mol. The molecule has 1 saturated carbocycles. The fourth-order valence-corrected chi connectivity index (χ4v) is 2.41. The van der Waals surface area contributed by atoms with Crippen LogP contribution in [0.5, 0.6) is 0 Å². The van der Waals surface area contributed by atoms with E-state index in [0.717, 1.165) is 29.4 Å². The van der Waals surface area contributed by atoms with E-state index < -0.39 is 5.97 Å². The van der Waals surface area contributed by atoms with Gasteiger partial charge in [-0.25, -0.2) is 4.79 Å². The lowest BCUT2D eigenvalue weighted by atomic mass is 10.2. The Morgan fingerprint density at radius 1 is 1.67 bits per heavy atom. The molecule has 1 fully saturated rings. The number of aryl methyl sites for hydroxylation is 1. The van der Waals surface area contributed by atoms with E-state index in [1.807, 2.05) is 6.92 Å². The van der Waals surface area contributed by atoms with Gasteiger partial charge >= 0.3 is 5.97 Å². The monoisotopic (exact) mass is 225 g/mol. The van der Waals surface area contributed by atoms with Crippen molar-refractivity contribution in [3.63, 3.8) is 0 Å². The van der Waals surface area contributed by atoms with E-state index in [4.69, 9.17) is 5.11 Å². The summed E-state index contributed by atoms with van der Waals surface area (Å²) in [6.45, 7) is 3.84. The van der Waals surface area contributed by atoms with Gasteiger partial charge in [-0.05, 0) is 43.9 Å². The fraction of sp³-hybridized carbons (Fsp3) is 0.545. The fourth-order valence-electron chi connectivity index (χ4n) is 1.53. The molecule has 0 radical (unpaired) electrons. The van der Waals surface area contributed by atoms with Gasteiger partial charge in [0.1, 0.15) is 4.88 Å². The molecule has 15 heavy (non-hydrogen) atoms. The number of thiophene rings is 1. The lowest BCUT2D eigenvalue weighted by Crippen LogP contribution is -2.16. The first-order chi connectivity index (χ1) is 7.16. The van der Waals surface area contributed by atoms with Gasteiger partial charge in [0, 0.05) is 11.4 Å². The molecule has 1 aliphatic rings. The van der Waals surface area contributed by atoms with Gasteiger partial charge in [0.05, 0.1) is 0 Å². The molecule has 0 saturated heterocycles. The zero-order valence-corrected chi connectivity index (χ0v) is 9.56. The Morgan fingerprint density at radius 2 is 2.40 bits per heavy atom. The quantitative estimate of drug-likeness (QED) is 0.808. The molecule has 0 atom stereocenters. The van der Waals surface area contributed by atoms with E-state index in [-0.39, 0.29) is 0 Å². The summed E-state index contributed by atoms with van der Waals surface area (Å²) in [5.41, 5.74) is 1.12. The van der Waals surface area contributed by atoms with Crippen molar-refractivity contribution in [2.24, 2.45) is 5.92 Å². The Kier molecular flexibility index (Phi) is 3.07. The van der Waals surface area contributed by atoms with E-state index in [2.05, 4.69) is 5.32 Å². The number of carbonyl (C=O) groups is 1. The van der Waals surface area contributed by atoms with Crippen LogP contribution in [0.1, 0.15) is 33.0 Å². The van der Waals surface area contributed by atoms with Crippen LogP contribution in [0.4, 0.5) is 0 Å². The van der Waals surface area contributed by atoms with Gasteiger partial charge in [-0.1, -0.05) is 0 Å². The van der Waals surface area contributed by atoms with Crippen molar-refractivity contribution in [3.8, 4) is 0 Å². The number of hydrogen-bond donors (Lipinski definition) is 2. The summed E-state index contributed by atoms with van der Waals surface area (Å²) in [5, 5.41) is 12.2. The summed E-state index contributed by atoms with van der Waals surface area (Å²) in [6.07, 6.45) is 2.69. The van der Waals surface area contributed by atoms with E-state index in [0.29, 0.717) is 4.88 Å². The minimum atomic E-state index is -0.823. The first-order valence-corrected chi connectivity index (χ1v) is 6.02. The van der Waals surface area contributed by atoms with Crippen LogP contribution < -0.4 is 5.32 Å². The molecule has 0 aliphatic heterocycles. The third-order valence-corrected chi connectivity index (χ3v) is 3.76. The molecule has 0 bridgehead atoms. The smallest absolute Gasteiger partial charge is 0.345 e. The summed E-state index contributed by atoms with van der Waals surface area (Å²) in [4.78, 5) is 12.3. The van der Waals surface area contributed by atoms with Gasteiger partial charge in [-0.3, -0.25) is 0 Å². The zero-order valence-electron chi connectivity index (χ0n) is 8.75. The van der Waals surface area contributed by atoms with Crippen molar-refractivity contribution in [3.05, 3.63) is 21.4 Å². The Morgan fingerprint density at radius 3 is 2.93 bits per heavy atom.